The largest absolute Gasteiger partial charge is 0.444 e. The van der Waals surface area contributed by atoms with Gasteiger partial charge in [-0.1, -0.05) is 0 Å². The topological polar surface area (TPSA) is 46.6 Å². The molecule has 15 heavy (non-hydrogen) atoms. The van der Waals surface area contributed by atoms with Gasteiger partial charge in [0.1, 0.15) is 11.9 Å². The second-order valence-corrected chi connectivity index (χ2v) is 5.39. The molecule has 1 amide bonds. The zero-order valence-corrected chi connectivity index (χ0v) is 9.40. The number of rotatable bonds is 1. The van der Waals surface area contributed by atoms with E-state index >= 15 is 0 Å². The molecule has 3 atom stereocenters. The molecule has 0 radical (unpaired) electrons. The van der Waals surface area contributed by atoms with Gasteiger partial charge >= 0.3 is 6.09 Å². The molecule has 2 aliphatic rings. The van der Waals surface area contributed by atoms with Crippen LogP contribution in [0.5, 0.6) is 0 Å². The molecule has 1 aliphatic carbocycles. The Labute approximate surface area is 89.6 Å². The molecule has 84 valence electrons. The highest BCUT2D eigenvalue weighted by atomic mass is 16.6. The Morgan fingerprint density at radius 2 is 2.07 bits per heavy atom. The molecule has 0 aromatic rings. The Kier molecular flexibility index (Phi) is 2.24. The zero-order chi connectivity index (χ0) is 11.2. The fourth-order valence-corrected chi connectivity index (χ4v) is 2.20. The van der Waals surface area contributed by atoms with Crippen LogP contribution in [-0.4, -0.2) is 35.0 Å². The molecule has 0 bridgehead atoms. The minimum absolute atomic E-state index is 0.259. The van der Waals surface area contributed by atoms with Crippen LogP contribution in [0.25, 0.3) is 0 Å². The average Bonchev–Trinajstić information content (AvgIpc) is 2.73. The summed E-state index contributed by atoms with van der Waals surface area (Å²) in [4.78, 5) is 24.2. The van der Waals surface area contributed by atoms with Crippen LogP contribution in [-0.2, 0) is 9.53 Å². The van der Waals surface area contributed by atoms with Gasteiger partial charge in [0.25, 0.3) is 0 Å². The van der Waals surface area contributed by atoms with Crippen LogP contribution >= 0.6 is 0 Å². The molecule has 0 spiro atoms. The van der Waals surface area contributed by atoms with Crippen LogP contribution in [0.2, 0.25) is 0 Å². The molecule has 1 saturated carbocycles. The molecular weight excluding hydrogens is 194 g/mol. The first-order valence-electron chi connectivity index (χ1n) is 5.39. The van der Waals surface area contributed by atoms with Crippen LogP contribution in [0, 0.1) is 5.92 Å². The average molecular weight is 211 g/mol. The standard InChI is InChI=1S/C11H17NO3/c1-11(2,3)15-10(14)12-8(6-13)4-7-5-9(7)12/h6-9H,4-5H2,1-3H3/t7-,8+,9-/m1/s1. The van der Waals surface area contributed by atoms with Gasteiger partial charge in [-0.2, -0.15) is 0 Å². The van der Waals surface area contributed by atoms with Crippen LogP contribution in [0.1, 0.15) is 33.6 Å². The number of hydrogen-bond acceptors (Lipinski definition) is 3. The summed E-state index contributed by atoms with van der Waals surface area (Å²) in [5.41, 5.74) is -0.489. The first kappa shape index (κ1) is 10.5. The molecule has 0 N–H and O–H groups in total. The molecule has 4 nitrogen and oxygen atoms in total. The van der Waals surface area contributed by atoms with Gasteiger partial charge in [0.2, 0.25) is 0 Å². The molecule has 1 saturated heterocycles. The Morgan fingerprint density at radius 1 is 1.40 bits per heavy atom. The van der Waals surface area contributed by atoms with Crippen molar-refractivity contribution in [3.05, 3.63) is 0 Å². The van der Waals surface area contributed by atoms with E-state index < -0.39 is 5.60 Å². The molecule has 0 aromatic carbocycles. The zero-order valence-electron chi connectivity index (χ0n) is 9.40. The number of ether oxygens (including phenoxy) is 1. The lowest BCUT2D eigenvalue weighted by atomic mass is 10.2. The second-order valence-electron chi connectivity index (χ2n) is 5.39. The van der Waals surface area contributed by atoms with Gasteiger partial charge in [0, 0.05) is 6.04 Å². The minimum atomic E-state index is -0.489. The van der Waals surface area contributed by atoms with Gasteiger partial charge in [-0.15, -0.1) is 0 Å². The first-order chi connectivity index (χ1) is 6.92. The van der Waals surface area contributed by atoms with E-state index in [4.69, 9.17) is 4.74 Å². The second kappa shape index (κ2) is 3.22. The smallest absolute Gasteiger partial charge is 0.411 e. The van der Waals surface area contributed by atoms with Gasteiger partial charge in [-0.25, -0.2) is 4.79 Å². The van der Waals surface area contributed by atoms with E-state index in [0.717, 1.165) is 19.1 Å². The number of carbonyl (C=O) groups is 2. The van der Waals surface area contributed by atoms with Crippen molar-refractivity contribution in [1.82, 2.24) is 4.90 Å². The normalized spacial score (nSPS) is 33.5. The van der Waals surface area contributed by atoms with Crippen LogP contribution in [0.3, 0.4) is 0 Å². The van der Waals surface area contributed by atoms with Crippen molar-refractivity contribution in [3.8, 4) is 0 Å². The lowest BCUT2D eigenvalue weighted by Crippen LogP contribution is -2.42. The van der Waals surface area contributed by atoms with E-state index in [1.54, 1.807) is 4.90 Å². The third kappa shape index (κ3) is 1.98. The molecule has 2 rings (SSSR count). The quantitative estimate of drug-likeness (QED) is 0.619. The number of likely N-dealkylation sites (tertiary alicyclic amines) is 1. The highest BCUT2D eigenvalue weighted by molar-refractivity contribution is 5.76. The van der Waals surface area contributed by atoms with E-state index in [0.29, 0.717) is 5.92 Å². The number of carbonyl (C=O) groups excluding carboxylic acids is 2. The highest BCUT2D eigenvalue weighted by Gasteiger charge is 2.54. The van der Waals surface area contributed by atoms with Crippen LogP contribution < -0.4 is 0 Å². The Bertz CT molecular complexity index is 295. The number of nitrogens with zero attached hydrogens (tertiary/aromatic N) is 1. The molecule has 1 heterocycles. The fourth-order valence-electron chi connectivity index (χ4n) is 2.20. The van der Waals surface area contributed by atoms with Crippen molar-refractivity contribution in [2.75, 3.05) is 0 Å². The van der Waals surface area contributed by atoms with Crippen molar-refractivity contribution in [2.45, 2.75) is 51.3 Å². The maximum absolute atomic E-state index is 11.8. The minimum Gasteiger partial charge on any atom is -0.444 e. The molecule has 4 heteroatoms. The van der Waals surface area contributed by atoms with Crippen LogP contribution in [0.15, 0.2) is 0 Å². The summed E-state index contributed by atoms with van der Waals surface area (Å²) < 4.78 is 5.28. The van der Waals surface area contributed by atoms with Gasteiger partial charge in [-0.05, 0) is 39.5 Å². The molecule has 0 aromatic heterocycles. The summed E-state index contributed by atoms with van der Waals surface area (Å²) in [7, 11) is 0. The van der Waals surface area contributed by atoms with E-state index in [1.165, 1.54) is 0 Å². The third-order valence-electron chi connectivity index (χ3n) is 2.91. The lowest BCUT2D eigenvalue weighted by molar-refractivity contribution is -0.112. The monoisotopic (exact) mass is 211 g/mol. The lowest BCUT2D eigenvalue weighted by Gasteiger charge is -2.28. The SMILES string of the molecule is CC(C)(C)OC(=O)N1[C@H](C=O)C[C@@H]2C[C@H]21. The van der Waals surface area contributed by atoms with E-state index in [9.17, 15) is 9.59 Å². The third-order valence-corrected chi connectivity index (χ3v) is 2.91. The number of hydrogen-bond donors (Lipinski definition) is 0. The Hall–Kier alpha value is -1.06. The van der Waals surface area contributed by atoms with Crippen molar-refractivity contribution in [2.24, 2.45) is 5.92 Å². The van der Waals surface area contributed by atoms with Crippen molar-refractivity contribution >= 4 is 12.4 Å². The Balaban J connectivity index is 2.02. The first-order valence-corrected chi connectivity index (χ1v) is 5.39. The summed E-state index contributed by atoms with van der Waals surface area (Å²) in [6.45, 7) is 5.50. The summed E-state index contributed by atoms with van der Waals surface area (Å²) in [5.74, 6) is 0.535. The maximum atomic E-state index is 11.8. The Morgan fingerprint density at radius 3 is 2.60 bits per heavy atom. The number of amides is 1. The highest BCUT2D eigenvalue weighted by Crippen LogP contribution is 2.47. The van der Waals surface area contributed by atoms with Gasteiger partial charge in [0.15, 0.2) is 0 Å². The van der Waals surface area contributed by atoms with Crippen molar-refractivity contribution in [3.63, 3.8) is 0 Å². The number of aldehydes is 1. The number of fused-ring (bicyclic) bond motifs is 1. The van der Waals surface area contributed by atoms with Crippen molar-refractivity contribution < 1.29 is 14.3 Å². The molecule has 1 aliphatic heterocycles. The predicted octanol–water partition coefficient (Wildman–Crippen LogP) is 1.58. The molecular formula is C11H17NO3. The van der Waals surface area contributed by atoms with Gasteiger partial charge in [0.05, 0.1) is 6.04 Å². The molecule has 2 fully saturated rings. The van der Waals surface area contributed by atoms with Gasteiger partial charge < -0.3 is 9.53 Å². The fraction of sp³-hybridized carbons (Fsp3) is 0.818. The van der Waals surface area contributed by atoms with E-state index in [-0.39, 0.29) is 18.2 Å². The van der Waals surface area contributed by atoms with Crippen molar-refractivity contribution in [1.29, 1.82) is 0 Å². The van der Waals surface area contributed by atoms with Crippen LogP contribution in [0.4, 0.5) is 4.79 Å². The van der Waals surface area contributed by atoms with E-state index in [2.05, 4.69) is 0 Å². The summed E-state index contributed by atoms with van der Waals surface area (Å²) in [6.07, 6.45) is 2.36. The predicted molar refractivity (Wildman–Crippen MR) is 54.4 cm³/mol. The summed E-state index contributed by atoms with van der Waals surface area (Å²) in [5, 5.41) is 0. The molecule has 0 unspecified atom stereocenters. The maximum Gasteiger partial charge on any atom is 0.411 e. The van der Waals surface area contributed by atoms with Gasteiger partial charge in [-0.3, -0.25) is 4.90 Å². The number of piperidine rings is 1. The summed E-state index contributed by atoms with van der Waals surface area (Å²) in [6, 6.07) is -0.00125. The van der Waals surface area contributed by atoms with E-state index in [1.807, 2.05) is 20.8 Å². The summed E-state index contributed by atoms with van der Waals surface area (Å²) >= 11 is 0.